The normalized spacial score (nSPS) is 22.7. The zero-order valence-corrected chi connectivity index (χ0v) is 13.1. The van der Waals surface area contributed by atoms with Crippen molar-refractivity contribution in [1.82, 2.24) is 4.90 Å². The molecule has 4 nitrogen and oxygen atoms in total. The Morgan fingerprint density at radius 3 is 2.76 bits per heavy atom. The lowest BCUT2D eigenvalue weighted by Crippen LogP contribution is -2.31. The number of rotatable bonds is 6. The Hall–Kier alpha value is -1.55. The molecule has 1 aromatic carbocycles. The van der Waals surface area contributed by atoms with Gasteiger partial charge in [0, 0.05) is 18.7 Å². The molecule has 21 heavy (non-hydrogen) atoms. The fraction of sp³-hybridized carbons (Fsp3) is 0.588. The van der Waals surface area contributed by atoms with E-state index in [2.05, 4.69) is 24.8 Å². The van der Waals surface area contributed by atoms with Gasteiger partial charge < -0.3 is 9.84 Å². The minimum absolute atomic E-state index is 0.486. The van der Waals surface area contributed by atoms with E-state index in [1.165, 1.54) is 0 Å². The van der Waals surface area contributed by atoms with Gasteiger partial charge in [-0.25, -0.2) is 0 Å². The van der Waals surface area contributed by atoms with Crippen LogP contribution < -0.4 is 4.74 Å². The summed E-state index contributed by atoms with van der Waals surface area (Å²) in [5.41, 5.74) is 0.515. The smallest absolute Gasteiger partial charge is 0.310 e. The monoisotopic (exact) mass is 291 g/mol. The van der Waals surface area contributed by atoms with E-state index in [1.807, 2.05) is 25.1 Å². The van der Waals surface area contributed by atoms with E-state index in [9.17, 15) is 9.90 Å². The average Bonchev–Trinajstić information content (AvgIpc) is 2.81. The Labute approximate surface area is 126 Å². The fourth-order valence-electron chi connectivity index (χ4n) is 2.64. The third kappa shape index (κ3) is 3.97. The van der Waals surface area contributed by atoms with Crippen LogP contribution in [0.1, 0.15) is 32.8 Å². The Kier molecular flexibility index (Phi) is 4.88. The SMILES string of the molecule is CC(C)COc1ccccc1CN1CCC(C)(C(=O)O)C1. The van der Waals surface area contributed by atoms with E-state index in [0.717, 1.165) is 24.4 Å². The molecule has 1 N–H and O–H groups in total. The first kappa shape index (κ1) is 15.8. The zero-order chi connectivity index (χ0) is 15.5. The molecule has 1 heterocycles. The molecular formula is C17H25NO3. The maximum Gasteiger partial charge on any atom is 0.310 e. The second-order valence-electron chi connectivity index (χ2n) is 6.64. The van der Waals surface area contributed by atoms with Crippen LogP contribution in [0.25, 0.3) is 0 Å². The van der Waals surface area contributed by atoms with Crippen LogP contribution in [0.15, 0.2) is 24.3 Å². The molecule has 2 rings (SSSR count). The average molecular weight is 291 g/mol. The molecule has 1 unspecified atom stereocenters. The van der Waals surface area contributed by atoms with E-state index in [1.54, 1.807) is 0 Å². The highest BCUT2D eigenvalue weighted by Gasteiger charge is 2.40. The molecule has 0 aromatic heterocycles. The van der Waals surface area contributed by atoms with Crippen LogP contribution in [0.3, 0.4) is 0 Å². The molecule has 1 fully saturated rings. The van der Waals surface area contributed by atoms with Crippen LogP contribution in [-0.2, 0) is 11.3 Å². The summed E-state index contributed by atoms with van der Waals surface area (Å²) in [4.78, 5) is 13.5. The fourth-order valence-corrected chi connectivity index (χ4v) is 2.64. The molecular weight excluding hydrogens is 266 g/mol. The third-order valence-corrected chi connectivity index (χ3v) is 4.01. The molecule has 0 saturated carbocycles. The van der Waals surface area contributed by atoms with Gasteiger partial charge in [0.1, 0.15) is 5.75 Å². The van der Waals surface area contributed by atoms with Crippen molar-refractivity contribution in [3.8, 4) is 5.75 Å². The van der Waals surface area contributed by atoms with Crippen molar-refractivity contribution in [3.63, 3.8) is 0 Å². The molecule has 116 valence electrons. The highest BCUT2D eigenvalue weighted by molar-refractivity contribution is 5.74. The standard InChI is InChI=1S/C17H25NO3/c1-13(2)11-21-15-7-5-4-6-14(15)10-18-9-8-17(3,12-18)16(19)20/h4-7,13H,8-12H2,1-3H3,(H,19,20). The van der Waals surface area contributed by atoms with Gasteiger partial charge in [-0.05, 0) is 31.9 Å². The van der Waals surface area contributed by atoms with Gasteiger partial charge in [-0.15, -0.1) is 0 Å². The summed E-state index contributed by atoms with van der Waals surface area (Å²) in [7, 11) is 0. The lowest BCUT2D eigenvalue weighted by atomic mass is 9.90. The van der Waals surface area contributed by atoms with E-state index in [4.69, 9.17) is 4.74 Å². The van der Waals surface area contributed by atoms with Crippen molar-refractivity contribution >= 4 is 5.97 Å². The van der Waals surface area contributed by atoms with E-state index in [-0.39, 0.29) is 0 Å². The quantitative estimate of drug-likeness (QED) is 0.875. The summed E-state index contributed by atoms with van der Waals surface area (Å²) >= 11 is 0. The van der Waals surface area contributed by atoms with Crippen molar-refractivity contribution in [1.29, 1.82) is 0 Å². The summed E-state index contributed by atoms with van der Waals surface area (Å²) in [6.07, 6.45) is 0.706. The molecule has 0 aliphatic carbocycles. The number of ether oxygens (including phenoxy) is 1. The number of carboxylic acid groups (broad SMARTS) is 1. The summed E-state index contributed by atoms with van der Waals surface area (Å²) in [6, 6.07) is 8.03. The van der Waals surface area contributed by atoms with E-state index < -0.39 is 11.4 Å². The van der Waals surface area contributed by atoms with Gasteiger partial charge in [0.2, 0.25) is 0 Å². The molecule has 1 aromatic rings. The molecule has 1 saturated heterocycles. The van der Waals surface area contributed by atoms with Gasteiger partial charge in [-0.3, -0.25) is 9.69 Å². The number of nitrogens with zero attached hydrogens (tertiary/aromatic N) is 1. The van der Waals surface area contributed by atoms with Crippen LogP contribution in [-0.4, -0.2) is 35.7 Å². The van der Waals surface area contributed by atoms with Crippen LogP contribution in [0.5, 0.6) is 5.75 Å². The molecule has 1 aliphatic rings. The first-order valence-electron chi connectivity index (χ1n) is 7.57. The number of hydrogen-bond donors (Lipinski definition) is 1. The van der Waals surface area contributed by atoms with Crippen molar-refractivity contribution in [2.45, 2.75) is 33.7 Å². The van der Waals surface area contributed by atoms with Crippen molar-refractivity contribution in [2.24, 2.45) is 11.3 Å². The number of para-hydroxylation sites is 1. The summed E-state index contributed by atoms with van der Waals surface area (Å²) in [5, 5.41) is 9.30. The van der Waals surface area contributed by atoms with E-state index >= 15 is 0 Å². The van der Waals surface area contributed by atoms with Crippen LogP contribution in [0.2, 0.25) is 0 Å². The van der Waals surface area contributed by atoms with Gasteiger partial charge in [-0.2, -0.15) is 0 Å². The molecule has 0 spiro atoms. The molecule has 0 radical (unpaired) electrons. The highest BCUT2D eigenvalue weighted by atomic mass is 16.5. The number of hydrogen-bond acceptors (Lipinski definition) is 3. The van der Waals surface area contributed by atoms with Crippen LogP contribution >= 0.6 is 0 Å². The number of carbonyl (C=O) groups is 1. The maximum absolute atomic E-state index is 11.3. The largest absolute Gasteiger partial charge is 0.493 e. The lowest BCUT2D eigenvalue weighted by molar-refractivity contribution is -0.147. The second-order valence-corrected chi connectivity index (χ2v) is 6.64. The van der Waals surface area contributed by atoms with Gasteiger partial charge >= 0.3 is 5.97 Å². The lowest BCUT2D eigenvalue weighted by Gasteiger charge is -2.21. The topological polar surface area (TPSA) is 49.8 Å². The number of likely N-dealkylation sites (tertiary alicyclic amines) is 1. The first-order valence-corrected chi connectivity index (χ1v) is 7.57. The number of carboxylic acids is 1. The Morgan fingerprint density at radius 2 is 2.14 bits per heavy atom. The molecule has 0 bridgehead atoms. The van der Waals surface area contributed by atoms with Gasteiger partial charge in [0.25, 0.3) is 0 Å². The van der Waals surface area contributed by atoms with Crippen LogP contribution in [0.4, 0.5) is 0 Å². The van der Waals surface area contributed by atoms with Gasteiger partial charge in [0.05, 0.1) is 12.0 Å². The molecule has 1 aliphatic heterocycles. The predicted octanol–water partition coefficient (Wildman–Crippen LogP) is 3.02. The highest BCUT2D eigenvalue weighted by Crippen LogP contribution is 2.32. The number of benzene rings is 1. The summed E-state index contributed by atoms with van der Waals surface area (Å²) < 4.78 is 5.87. The summed E-state index contributed by atoms with van der Waals surface area (Å²) in [6.45, 7) is 8.95. The minimum Gasteiger partial charge on any atom is -0.493 e. The van der Waals surface area contributed by atoms with E-state index in [0.29, 0.717) is 25.5 Å². The second kappa shape index (κ2) is 6.48. The number of aliphatic carboxylic acids is 1. The summed E-state index contributed by atoms with van der Waals surface area (Å²) in [5.74, 6) is 0.699. The van der Waals surface area contributed by atoms with Gasteiger partial charge in [-0.1, -0.05) is 32.0 Å². The van der Waals surface area contributed by atoms with Gasteiger partial charge in [0.15, 0.2) is 0 Å². The van der Waals surface area contributed by atoms with Crippen molar-refractivity contribution in [3.05, 3.63) is 29.8 Å². The van der Waals surface area contributed by atoms with Crippen LogP contribution in [0, 0.1) is 11.3 Å². The van der Waals surface area contributed by atoms with Crippen molar-refractivity contribution < 1.29 is 14.6 Å². The molecule has 1 atom stereocenters. The molecule has 0 amide bonds. The zero-order valence-electron chi connectivity index (χ0n) is 13.1. The third-order valence-electron chi connectivity index (χ3n) is 4.01. The predicted molar refractivity (Wildman–Crippen MR) is 82.4 cm³/mol. The minimum atomic E-state index is -0.700. The Balaban J connectivity index is 2.02. The van der Waals surface area contributed by atoms with Crippen molar-refractivity contribution in [2.75, 3.05) is 19.7 Å². The Bertz CT molecular complexity index is 501. The first-order chi connectivity index (χ1) is 9.90. The molecule has 4 heteroatoms. The maximum atomic E-state index is 11.3. The Morgan fingerprint density at radius 1 is 1.43 bits per heavy atom.